The molecular formula is C21H35ClN4O. The van der Waals surface area contributed by atoms with Crippen LogP contribution in [-0.2, 0) is 11.3 Å². The molecule has 6 heteroatoms. The zero-order chi connectivity index (χ0) is 19.9. The fraction of sp³-hybridized carbons (Fsp3) is 0.667. The van der Waals surface area contributed by atoms with Gasteiger partial charge in [0, 0.05) is 51.4 Å². The predicted molar refractivity (Wildman–Crippen MR) is 115 cm³/mol. The fourth-order valence-corrected chi connectivity index (χ4v) is 3.53. The summed E-state index contributed by atoms with van der Waals surface area (Å²) in [5, 5.41) is 7.78. The molecule has 1 saturated heterocycles. The second kappa shape index (κ2) is 10.3. The number of nitrogens with one attached hydrogen (secondary N) is 2. The summed E-state index contributed by atoms with van der Waals surface area (Å²) in [4.78, 5) is 6.88. The van der Waals surface area contributed by atoms with Crippen LogP contribution >= 0.6 is 11.6 Å². The highest BCUT2D eigenvalue weighted by molar-refractivity contribution is 6.30. The molecule has 1 heterocycles. The van der Waals surface area contributed by atoms with Gasteiger partial charge in [-0.25, -0.2) is 0 Å². The summed E-state index contributed by atoms with van der Waals surface area (Å²) in [6, 6.07) is 8.60. The summed E-state index contributed by atoms with van der Waals surface area (Å²) >= 11 is 5.97. The smallest absolute Gasteiger partial charge is 0.191 e. The third kappa shape index (κ3) is 7.32. The second-order valence-electron chi connectivity index (χ2n) is 8.36. The Morgan fingerprint density at radius 2 is 1.89 bits per heavy atom. The Morgan fingerprint density at radius 3 is 2.41 bits per heavy atom. The van der Waals surface area contributed by atoms with E-state index in [9.17, 15) is 0 Å². The van der Waals surface area contributed by atoms with Crippen molar-refractivity contribution in [1.29, 1.82) is 0 Å². The molecule has 0 radical (unpaired) electrons. The summed E-state index contributed by atoms with van der Waals surface area (Å²) in [5.41, 5.74) is 1.41. The maximum Gasteiger partial charge on any atom is 0.191 e. The number of aliphatic imine (C=N–C) groups is 1. The minimum Gasteiger partial charge on any atom is -0.379 e. The Balaban J connectivity index is 1.75. The average molecular weight is 395 g/mol. The summed E-state index contributed by atoms with van der Waals surface area (Å²) in [6.07, 6.45) is 2.36. The van der Waals surface area contributed by atoms with Gasteiger partial charge in [0.1, 0.15) is 0 Å². The zero-order valence-corrected chi connectivity index (χ0v) is 18.1. The van der Waals surface area contributed by atoms with Crippen LogP contribution in [0.2, 0.25) is 5.02 Å². The molecule has 1 aromatic carbocycles. The van der Waals surface area contributed by atoms with E-state index in [0.29, 0.717) is 6.04 Å². The molecule has 152 valence electrons. The third-order valence-electron chi connectivity index (χ3n) is 5.18. The van der Waals surface area contributed by atoms with E-state index >= 15 is 0 Å². The number of piperidine rings is 1. The van der Waals surface area contributed by atoms with Gasteiger partial charge < -0.3 is 15.4 Å². The maximum absolute atomic E-state index is 5.97. The van der Waals surface area contributed by atoms with Gasteiger partial charge in [-0.05, 0) is 36.0 Å². The number of methoxy groups -OCH3 is 1. The van der Waals surface area contributed by atoms with Crippen LogP contribution in [0.4, 0.5) is 0 Å². The fourth-order valence-electron chi connectivity index (χ4n) is 3.40. The number of nitrogens with zero attached hydrogens (tertiary/aromatic N) is 2. The highest BCUT2D eigenvalue weighted by atomic mass is 35.5. The van der Waals surface area contributed by atoms with Gasteiger partial charge in [0.2, 0.25) is 0 Å². The first-order chi connectivity index (χ1) is 12.8. The van der Waals surface area contributed by atoms with Crippen molar-refractivity contribution < 1.29 is 4.74 Å². The summed E-state index contributed by atoms with van der Waals surface area (Å²) in [6.45, 7) is 10.5. The third-order valence-corrected chi connectivity index (χ3v) is 5.43. The lowest BCUT2D eigenvalue weighted by molar-refractivity contribution is 0.0204. The standard InChI is InChI=1S/C21H35ClN4O/c1-21(2,3)19(27-5)14-24-20(23-4)25-18-10-12-26(13-11-18)15-16-6-8-17(22)9-7-16/h6-9,18-19H,10-15H2,1-5H3,(H2,23,24,25). The molecule has 0 bridgehead atoms. The number of hydrogen-bond donors (Lipinski definition) is 2. The number of ether oxygens (including phenoxy) is 1. The minimum atomic E-state index is 0.0909. The van der Waals surface area contributed by atoms with E-state index in [1.807, 2.05) is 19.2 Å². The van der Waals surface area contributed by atoms with E-state index in [2.05, 4.69) is 53.4 Å². The first-order valence-corrected chi connectivity index (χ1v) is 10.2. The van der Waals surface area contributed by atoms with Gasteiger partial charge in [0.25, 0.3) is 0 Å². The molecule has 2 N–H and O–H groups in total. The van der Waals surface area contributed by atoms with Gasteiger partial charge in [0.15, 0.2) is 5.96 Å². The van der Waals surface area contributed by atoms with Crippen LogP contribution in [0.1, 0.15) is 39.2 Å². The number of halogens is 1. The van der Waals surface area contributed by atoms with Crippen molar-refractivity contribution in [2.45, 2.75) is 52.3 Å². The molecule has 0 amide bonds. The van der Waals surface area contributed by atoms with E-state index in [-0.39, 0.29) is 11.5 Å². The molecule has 1 aromatic rings. The van der Waals surface area contributed by atoms with Crippen molar-refractivity contribution in [1.82, 2.24) is 15.5 Å². The molecule has 0 spiro atoms. The van der Waals surface area contributed by atoms with Crippen molar-refractivity contribution in [2.24, 2.45) is 10.4 Å². The van der Waals surface area contributed by atoms with Crippen molar-refractivity contribution in [3.8, 4) is 0 Å². The summed E-state index contributed by atoms with van der Waals surface area (Å²) in [7, 11) is 3.59. The Morgan fingerprint density at radius 1 is 1.26 bits per heavy atom. The predicted octanol–water partition coefficient (Wildman–Crippen LogP) is 3.53. The highest BCUT2D eigenvalue weighted by Gasteiger charge is 2.25. The highest BCUT2D eigenvalue weighted by Crippen LogP contribution is 2.21. The van der Waals surface area contributed by atoms with Crippen LogP contribution in [0.25, 0.3) is 0 Å². The van der Waals surface area contributed by atoms with E-state index in [4.69, 9.17) is 16.3 Å². The molecular weight excluding hydrogens is 360 g/mol. The molecule has 0 saturated carbocycles. The molecule has 1 aliphatic rings. The van der Waals surface area contributed by atoms with Gasteiger partial charge in [0.05, 0.1) is 6.10 Å². The van der Waals surface area contributed by atoms with Gasteiger partial charge in [-0.1, -0.05) is 44.5 Å². The first-order valence-electron chi connectivity index (χ1n) is 9.78. The number of likely N-dealkylation sites (tertiary alicyclic amines) is 1. The van der Waals surface area contributed by atoms with E-state index in [1.165, 1.54) is 5.56 Å². The molecule has 1 fully saturated rings. The topological polar surface area (TPSA) is 48.9 Å². The largest absolute Gasteiger partial charge is 0.379 e. The summed E-state index contributed by atoms with van der Waals surface area (Å²) < 4.78 is 5.62. The number of rotatable bonds is 6. The molecule has 27 heavy (non-hydrogen) atoms. The SMILES string of the molecule is CN=C(NCC(OC)C(C)(C)C)NC1CCN(Cc2ccc(Cl)cc2)CC1. The Bertz CT molecular complexity index is 589. The maximum atomic E-state index is 5.97. The lowest BCUT2D eigenvalue weighted by Crippen LogP contribution is -2.51. The zero-order valence-electron chi connectivity index (χ0n) is 17.4. The summed E-state index contributed by atoms with van der Waals surface area (Å²) in [5.74, 6) is 0.859. The van der Waals surface area contributed by atoms with Crippen LogP contribution < -0.4 is 10.6 Å². The lowest BCUT2D eigenvalue weighted by Gasteiger charge is -2.34. The van der Waals surface area contributed by atoms with Crippen molar-refractivity contribution in [3.05, 3.63) is 34.9 Å². The van der Waals surface area contributed by atoms with Crippen LogP contribution in [-0.4, -0.2) is 56.8 Å². The quantitative estimate of drug-likeness (QED) is 0.572. The Kier molecular flexibility index (Phi) is 8.39. The minimum absolute atomic E-state index is 0.0909. The van der Waals surface area contributed by atoms with Gasteiger partial charge in [-0.15, -0.1) is 0 Å². The van der Waals surface area contributed by atoms with Crippen LogP contribution in [0.3, 0.4) is 0 Å². The Hall–Kier alpha value is -1.30. The second-order valence-corrected chi connectivity index (χ2v) is 8.80. The van der Waals surface area contributed by atoms with Crippen LogP contribution in [0.15, 0.2) is 29.3 Å². The van der Waals surface area contributed by atoms with Crippen molar-refractivity contribution in [3.63, 3.8) is 0 Å². The number of guanidine groups is 1. The molecule has 0 aliphatic carbocycles. The number of hydrogen-bond acceptors (Lipinski definition) is 3. The van der Waals surface area contributed by atoms with E-state index < -0.39 is 0 Å². The number of benzene rings is 1. The lowest BCUT2D eigenvalue weighted by atomic mass is 9.89. The molecule has 1 atom stereocenters. The van der Waals surface area contributed by atoms with Crippen molar-refractivity contribution >= 4 is 17.6 Å². The molecule has 1 aliphatic heterocycles. The monoisotopic (exact) mass is 394 g/mol. The normalized spacial score (nSPS) is 18.4. The van der Waals surface area contributed by atoms with Gasteiger partial charge in [-0.2, -0.15) is 0 Å². The molecule has 2 rings (SSSR count). The van der Waals surface area contributed by atoms with E-state index in [0.717, 1.165) is 50.0 Å². The average Bonchev–Trinajstić information content (AvgIpc) is 2.63. The molecule has 1 unspecified atom stereocenters. The van der Waals surface area contributed by atoms with E-state index in [1.54, 1.807) is 7.11 Å². The Labute approximate surface area is 169 Å². The van der Waals surface area contributed by atoms with Crippen molar-refractivity contribution in [2.75, 3.05) is 33.8 Å². The molecule has 0 aromatic heterocycles. The van der Waals surface area contributed by atoms with Gasteiger partial charge in [-0.3, -0.25) is 9.89 Å². The van der Waals surface area contributed by atoms with Crippen LogP contribution in [0, 0.1) is 5.41 Å². The first kappa shape index (κ1) is 22.0. The van der Waals surface area contributed by atoms with Crippen LogP contribution in [0.5, 0.6) is 0 Å². The van der Waals surface area contributed by atoms with Gasteiger partial charge >= 0.3 is 0 Å². The molecule has 5 nitrogen and oxygen atoms in total.